The van der Waals surface area contributed by atoms with Gasteiger partial charge in [0.05, 0.1) is 42.7 Å². The first-order valence-electron chi connectivity index (χ1n) is 14.2. The summed E-state index contributed by atoms with van der Waals surface area (Å²) in [5.41, 5.74) is 6.32. The number of nitrogens with one attached hydrogen (secondary N) is 2. The fraction of sp³-hybridized carbons (Fsp3) is 0.235. The number of fused-ring (bicyclic) bond motifs is 1. The lowest BCUT2D eigenvalue weighted by molar-refractivity contribution is -0.276. The largest absolute Gasteiger partial charge is 0.392 e. The number of carbonyl (C=O) groups excluding carboxylic acids is 1. The Morgan fingerprint density at radius 1 is 0.881 bits per heavy atom. The first-order chi connectivity index (χ1) is 20.6. The molecule has 0 saturated carbocycles. The van der Waals surface area contributed by atoms with Crippen LogP contribution in [-0.2, 0) is 29.2 Å². The number of aliphatic hydroxyl groups is 1. The van der Waals surface area contributed by atoms with E-state index in [-0.39, 0.29) is 30.8 Å². The maximum atomic E-state index is 12.6. The predicted octanol–water partition coefficient (Wildman–Crippen LogP) is 6.34. The van der Waals surface area contributed by atoms with Gasteiger partial charge in [-0.15, -0.1) is 0 Å². The van der Waals surface area contributed by atoms with Crippen molar-refractivity contribution in [3.63, 3.8) is 0 Å². The summed E-state index contributed by atoms with van der Waals surface area (Å²) in [6.07, 6.45) is 0.767. The molecule has 0 unspecified atom stereocenters. The number of benzene rings is 4. The number of carbonyl (C=O) groups is 1. The molecule has 42 heavy (non-hydrogen) atoms. The number of aromatic nitrogens is 2. The molecule has 1 aliphatic rings. The molecule has 1 aromatic heterocycles. The minimum atomic E-state index is -0.655. The zero-order valence-corrected chi connectivity index (χ0v) is 23.4. The molecular weight excluding hydrogens is 528 g/mol. The highest BCUT2D eigenvalue weighted by Crippen LogP contribution is 2.42. The Kier molecular flexibility index (Phi) is 8.28. The molecule has 4 aromatic carbocycles. The number of anilines is 1. The van der Waals surface area contributed by atoms with Crippen LogP contribution in [0.25, 0.3) is 11.0 Å². The van der Waals surface area contributed by atoms with Crippen LogP contribution in [0.15, 0.2) is 109 Å². The number of nitrogens with zero attached hydrogens (tertiary/aromatic N) is 2. The summed E-state index contributed by atoms with van der Waals surface area (Å²) < 4.78 is 15.4. The standard InChI is InChI=1S/C34H34N4O4/c1-23-31(20-38-22-36-29-12-5-6-13-30(29)38)41-33(42-32(23)26-16-14-25(21-39)15-17-26)27-10-7-11-28(18-27)37-34(40)35-19-24-8-3-2-4-9-24/h2-18,22-23,31-33,39H,19-21H2,1H3,(H2,35,37,40)/t23-,31+,32+,33+/m0/s1. The van der Waals surface area contributed by atoms with Gasteiger partial charge in [0.25, 0.3) is 0 Å². The van der Waals surface area contributed by atoms with E-state index in [0.717, 1.165) is 33.3 Å². The number of hydrogen-bond acceptors (Lipinski definition) is 5. The van der Waals surface area contributed by atoms with Gasteiger partial charge in [-0.2, -0.15) is 0 Å². The first kappa shape index (κ1) is 27.7. The zero-order chi connectivity index (χ0) is 28.9. The van der Waals surface area contributed by atoms with Crippen LogP contribution in [0.5, 0.6) is 0 Å². The topological polar surface area (TPSA) is 97.6 Å². The quantitative estimate of drug-likeness (QED) is 0.205. The lowest BCUT2D eigenvalue weighted by Gasteiger charge is -2.41. The van der Waals surface area contributed by atoms with Crippen LogP contribution in [0.1, 0.15) is 41.6 Å². The van der Waals surface area contributed by atoms with Gasteiger partial charge in [-0.25, -0.2) is 9.78 Å². The number of imidazole rings is 1. The van der Waals surface area contributed by atoms with Crippen LogP contribution in [0.4, 0.5) is 10.5 Å². The Hall–Kier alpha value is -4.50. The van der Waals surface area contributed by atoms with Crippen molar-refractivity contribution in [1.82, 2.24) is 14.9 Å². The van der Waals surface area contributed by atoms with Crippen LogP contribution in [0.2, 0.25) is 0 Å². The molecule has 214 valence electrons. The number of aliphatic hydroxyl groups excluding tert-OH is 1. The normalized spacial score (nSPS) is 20.3. The van der Waals surface area contributed by atoms with Gasteiger partial charge >= 0.3 is 6.03 Å². The Bertz CT molecular complexity index is 1640. The molecule has 4 atom stereocenters. The molecule has 3 N–H and O–H groups in total. The van der Waals surface area contributed by atoms with Gasteiger partial charge in [-0.3, -0.25) is 0 Å². The van der Waals surface area contributed by atoms with Crippen molar-refractivity contribution in [2.75, 3.05) is 5.32 Å². The molecule has 2 heterocycles. The van der Waals surface area contributed by atoms with E-state index in [1.807, 2.05) is 103 Å². The summed E-state index contributed by atoms with van der Waals surface area (Å²) in [6, 6.07) is 33.0. The van der Waals surface area contributed by atoms with E-state index in [9.17, 15) is 9.90 Å². The fourth-order valence-electron chi connectivity index (χ4n) is 5.39. The van der Waals surface area contributed by atoms with Gasteiger partial charge in [-0.05, 0) is 41.0 Å². The van der Waals surface area contributed by atoms with E-state index in [4.69, 9.17) is 9.47 Å². The Morgan fingerprint density at radius 3 is 2.48 bits per heavy atom. The van der Waals surface area contributed by atoms with Crippen LogP contribution in [0, 0.1) is 5.92 Å². The summed E-state index contributed by atoms with van der Waals surface area (Å²) in [4.78, 5) is 17.2. The van der Waals surface area contributed by atoms with Crippen LogP contribution in [0.3, 0.4) is 0 Å². The molecule has 1 aliphatic heterocycles. The van der Waals surface area contributed by atoms with Crippen molar-refractivity contribution < 1.29 is 19.4 Å². The number of urea groups is 1. The smallest absolute Gasteiger partial charge is 0.319 e. The maximum Gasteiger partial charge on any atom is 0.319 e. The maximum absolute atomic E-state index is 12.6. The van der Waals surface area contributed by atoms with E-state index < -0.39 is 6.29 Å². The van der Waals surface area contributed by atoms with Gasteiger partial charge in [-0.1, -0.05) is 85.8 Å². The highest BCUT2D eigenvalue weighted by Gasteiger charge is 2.38. The second-order valence-electron chi connectivity index (χ2n) is 10.6. The van der Waals surface area contributed by atoms with E-state index >= 15 is 0 Å². The first-order valence-corrected chi connectivity index (χ1v) is 14.2. The molecule has 0 spiro atoms. The van der Waals surface area contributed by atoms with Crippen molar-refractivity contribution in [2.24, 2.45) is 5.92 Å². The van der Waals surface area contributed by atoms with Gasteiger partial charge in [0.1, 0.15) is 0 Å². The molecule has 1 saturated heterocycles. The number of hydrogen-bond donors (Lipinski definition) is 3. The SMILES string of the molecule is C[C@H]1[C@@H](Cn2cnc3ccccc32)O[C@@H](c2cccc(NC(=O)NCc3ccccc3)c2)O[C@H]1c1ccc(CO)cc1. The molecule has 1 fully saturated rings. The van der Waals surface area contributed by atoms with Crippen molar-refractivity contribution in [3.05, 3.63) is 132 Å². The Morgan fingerprint density at radius 2 is 1.67 bits per heavy atom. The number of ether oxygens (including phenoxy) is 2. The summed E-state index contributed by atoms with van der Waals surface area (Å²) in [5, 5.41) is 15.4. The van der Waals surface area contributed by atoms with Crippen LogP contribution >= 0.6 is 0 Å². The number of para-hydroxylation sites is 2. The third-order valence-corrected chi connectivity index (χ3v) is 7.74. The third-order valence-electron chi connectivity index (χ3n) is 7.74. The third kappa shape index (κ3) is 6.21. The molecule has 5 aromatic rings. The highest BCUT2D eigenvalue weighted by molar-refractivity contribution is 5.89. The second kappa shape index (κ2) is 12.6. The van der Waals surface area contributed by atoms with Gasteiger partial charge in [0.15, 0.2) is 6.29 Å². The predicted molar refractivity (Wildman–Crippen MR) is 161 cm³/mol. The van der Waals surface area contributed by atoms with E-state index in [1.165, 1.54) is 0 Å². The lowest BCUT2D eigenvalue weighted by Crippen LogP contribution is -2.39. The molecule has 6 rings (SSSR count). The second-order valence-corrected chi connectivity index (χ2v) is 10.6. The van der Waals surface area contributed by atoms with Crippen molar-refractivity contribution >= 4 is 22.8 Å². The average molecular weight is 563 g/mol. The minimum absolute atomic E-state index is 0.0118. The molecule has 2 amide bonds. The fourth-order valence-corrected chi connectivity index (χ4v) is 5.39. The molecule has 8 nitrogen and oxygen atoms in total. The molecule has 8 heteroatoms. The van der Waals surface area contributed by atoms with E-state index in [0.29, 0.717) is 18.8 Å². The van der Waals surface area contributed by atoms with Gasteiger partial charge in [0.2, 0.25) is 0 Å². The van der Waals surface area contributed by atoms with E-state index in [2.05, 4.69) is 33.2 Å². The number of amides is 2. The summed E-state index contributed by atoms with van der Waals surface area (Å²) >= 11 is 0. The van der Waals surface area contributed by atoms with Crippen LogP contribution < -0.4 is 10.6 Å². The number of rotatable bonds is 8. The van der Waals surface area contributed by atoms with E-state index in [1.54, 1.807) is 0 Å². The summed E-state index contributed by atoms with van der Waals surface area (Å²) in [6.45, 7) is 3.16. The van der Waals surface area contributed by atoms with Crippen molar-refractivity contribution in [3.8, 4) is 0 Å². The van der Waals surface area contributed by atoms with Gasteiger partial charge < -0.3 is 29.8 Å². The van der Waals surface area contributed by atoms with Crippen LogP contribution in [-0.4, -0.2) is 26.8 Å². The summed E-state index contributed by atoms with van der Waals surface area (Å²) in [7, 11) is 0. The Balaban J connectivity index is 1.23. The minimum Gasteiger partial charge on any atom is -0.392 e. The molecule has 0 radical (unpaired) electrons. The zero-order valence-electron chi connectivity index (χ0n) is 23.4. The average Bonchev–Trinajstić information content (AvgIpc) is 3.44. The van der Waals surface area contributed by atoms with Crippen molar-refractivity contribution in [2.45, 2.75) is 45.1 Å². The highest BCUT2D eigenvalue weighted by atomic mass is 16.7. The summed E-state index contributed by atoms with van der Waals surface area (Å²) in [5.74, 6) is 0.0208. The van der Waals surface area contributed by atoms with Crippen molar-refractivity contribution in [1.29, 1.82) is 0 Å². The van der Waals surface area contributed by atoms with Gasteiger partial charge in [0, 0.05) is 23.7 Å². The lowest BCUT2D eigenvalue weighted by atomic mass is 9.90. The molecular formula is C34H34N4O4. The monoisotopic (exact) mass is 562 g/mol. The molecule has 0 bridgehead atoms. The molecule has 0 aliphatic carbocycles. The Labute approximate surface area is 244 Å².